The molecule has 0 spiro atoms. The van der Waals surface area contributed by atoms with E-state index in [1.54, 1.807) is 30.0 Å². The first kappa shape index (κ1) is 15.5. The maximum absolute atomic E-state index is 13.5. The molecule has 0 atom stereocenters. The van der Waals surface area contributed by atoms with Crippen LogP contribution >= 0.6 is 11.6 Å². The summed E-state index contributed by atoms with van der Waals surface area (Å²) < 4.78 is 20.5. The number of fused-ring (bicyclic) bond motifs is 1. The number of nitrogens with zero attached hydrogens (tertiary/aromatic N) is 4. The van der Waals surface area contributed by atoms with Crippen molar-refractivity contribution in [2.75, 3.05) is 7.11 Å². The normalized spacial score (nSPS) is 11.0. The van der Waals surface area contributed by atoms with Gasteiger partial charge in [-0.05, 0) is 42.0 Å². The molecule has 4 rings (SSSR count). The van der Waals surface area contributed by atoms with E-state index in [2.05, 4.69) is 15.1 Å². The van der Waals surface area contributed by atoms with Gasteiger partial charge < -0.3 is 4.74 Å². The molecule has 0 amide bonds. The summed E-state index contributed by atoms with van der Waals surface area (Å²) in [5.41, 5.74) is 3.82. The van der Waals surface area contributed by atoms with Gasteiger partial charge in [-0.1, -0.05) is 11.6 Å². The van der Waals surface area contributed by atoms with Crippen molar-refractivity contribution in [3.8, 4) is 28.1 Å². The first-order chi connectivity index (χ1) is 12.2. The van der Waals surface area contributed by atoms with Crippen LogP contribution in [0.3, 0.4) is 0 Å². The van der Waals surface area contributed by atoms with Gasteiger partial charge in [-0.3, -0.25) is 4.98 Å². The summed E-state index contributed by atoms with van der Waals surface area (Å²) in [4.78, 5) is 8.69. The van der Waals surface area contributed by atoms with Gasteiger partial charge in [0.2, 0.25) is 0 Å². The van der Waals surface area contributed by atoms with Crippen molar-refractivity contribution in [3.05, 3.63) is 66.0 Å². The van der Waals surface area contributed by atoms with E-state index in [0.717, 1.165) is 11.1 Å². The molecular formula is C18H12ClFN4O. The Morgan fingerprint density at radius 1 is 1.08 bits per heavy atom. The standard InChI is InChI=1S/C18H12ClFN4O/c1-25-13-8-14(11-4-5-24-17(7-11)22-10-23-24)18(21-9-13)12-2-3-16(20)15(19)6-12/h2-10H,1H3. The summed E-state index contributed by atoms with van der Waals surface area (Å²) in [5, 5.41) is 4.15. The number of ether oxygens (including phenoxy) is 1. The SMILES string of the molecule is COc1cnc(-c2ccc(F)c(Cl)c2)c(-c2ccn3ncnc3c2)c1. The average molecular weight is 355 g/mol. The van der Waals surface area contributed by atoms with Crippen LogP contribution in [0.15, 0.2) is 55.1 Å². The molecule has 0 aliphatic carbocycles. The zero-order valence-electron chi connectivity index (χ0n) is 13.1. The molecule has 7 heteroatoms. The van der Waals surface area contributed by atoms with E-state index in [1.807, 2.05) is 24.4 Å². The summed E-state index contributed by atoms with van der Waals surface area (Å²) in [6, 6.07) is 10.2. The molecule has 0 saturated heterocycles. The molecule has 1 aromatic carbocycles. The Morgan fingerprint density at radius 3 is 2.76 bits per heavy atom. The number of pyridine rings is 2. The molecule has 0 radical (unpaired) electrons. The third-order valence-corrected chi connectivity index (χ3v) is 4.17. The highest BCUT2D eigenvalue weighted by molar-refractivity contribution is 6.31. The molecule has 0 unspecified atom stereocenters. The topological polar surface area (TPSA) is 52.3 Å². The van der Waals surface area contributed by atoms with Crippen molar-refractivity contribution in [1.29, 1.82) is 0 Å². The lowest BCUT2D eigenvalue weighted by Crippen LogP contribution is -1.94. The number of methoxy groups -OCH3 is 1. The maximum Gasteiger partial charge on any atom is 0.155 e. The molecule has 0 aliphatic heterocycles. The second kappa shape index (κ2) is 6.14. The molecule has 124 valence electrons. The number of halogens is 2. The van der Waals surface area contributed by atoms with Crippen LogP contribution in [-0.4, -0.2) is 26.7 Å². The summed E-state index contributed by atoms with van der Waals surface area (Å²) in [7, 11) is 1.58. The minimum absolute atomic E-state index is 0.0500. The Bertz CT molecular complexity index is 1080. The van der Waals surface area contributed by atoms with Gasteiger partial charge in [0.15, 0.2) is 5.65 Å². The van der Waals surface area contributed by atoms with Crippen LogP contribution in [0.25, 0.3) is 28.0 Å². The van der Waals surface area contributed by atoms with E-state index in [4.69, 9.17) is 16.3 Å². The molecule has 5 nitrogen and oxygen atoms in total. The zero-order valence-corrected chi connectivity index (χ0v) is 13.9. The van der Waals surface area contributed by atoms with Gasteiger partial charge in [-0.25, -0.2) is 13.9 Å². The third kappa shape index (κ3) is 2.81. The number of rotatable bonds is 3. The Balaban J connectivity index is 1.93. The molecule has 25 heavy (non-hydrogen) atoms. The van der Waals surface area contributed by atoms with Gasteiger partial charge in [0.05, 0.1) is 24.0 Å². The van der Waals surface area contributed by atoms with Crippen LogP contribution in [0.1, 0.15) is 0 Å². The van der Waals surface area contributed by atoms with Gasteiger partial charge >= 0.3 is 0 Å². The van der Waals surface area contributed by atoms with Crippen molar-refractivity contribution >= 4 is 17.2 Å². The predicted molar refractivity (Wildman–Crippen MR) is 93.2 cm³/mol. The Kier molecular flexibility index (Phi) is 3.82. The quantitative estimate of drug-likeness (QED) is 0.551. The Morgan fingerprint density at radius 2 is 1.96 bits per heavy atom. The number of aromatic nitrogens is 4. The highest BCUT2D eigenvalue weighted by Gasteiger charge is 2.13. The molecule has 0 N–H and O–H groups in total. The van der Waals surface area contributed by atoms with Crippen LogP contribution in [0.4, 0.5) is 4.39 Å². The maximum atomic E-state index is 13.5. The molecule has 3 aromatic heterocycles. The van der Waals surface area contributed by atoms with E-state index < -0.39 is 5.82 Å². The van der Waals surface area contributed by atoms with Crippen LogP contribution in [0.5, 0.6) is 5.75 Å². The van der Waals surface area contributed by atoms with E-state index in [-0.39, 0.29) is 5.02 Å². The Labute approximate surface area is 147 Å². The molecule has 3 heterocycles. The highest BCUT2D eigenvalue weighted by atomic mass is 35.5. The zero-order chi connectivity index (χ0) is 17.4. The number of hydrogen-bond donors (Lipinski definition) is 0. The molecule has 0 bridgehead atoms. The predicted octanol–water partition coefficient (Wildman–Crippen LogP) is 4.26. The lowest BCUT2D eigenvalue weighted by Gasteiger charge is -2.12. The van der Waals surface area contributed by atoms with Crippen LogP contribution < -0.4 is 4.74 Å². The van der Waals surface area contributed by atoms with E-state index in [1.165, 1.54) is 12.4 Å². The summed E-state index contributed by atoms with van der Waals surface area (Å²) >= 11 is 5.94. The summed E-state index contributed by atoms with van der Waals surface area (Å²) in [6.07, 6.45) is 4.92. The largest absolute Gasteiger partial charge is 0.495 e. The van der Waals surface area contributed by atoms with E-state index >= 15 is 0 Å². The minimum atomic E-state index is -0.467. The van der Waals surface area contributed by atoms with Crippen molar-refractivity contribution in [1.82, 2.24) is 19.6 Å². The van der Waals surface area contributed by atoms with Crippen LogP contribution in [-0.2, 0) is 0 Å². The van der Waals surface area contributed by atoms with Gasteiger partial charge in [0, 0.05) is 17.3 Å². The lowest BCUT2D eigenvalue weighted by molar-refractivity contribution is 0.413. The first-order valence-electron chi connectivity index (χ1n) is 7.45. The fourth-order valence-corrected chi connectivity index (χ4v) is 2.81. The molecule has 0 saturated carbocycles. The number of benzene rings is 1. The summed E-state index contributed by atoms with van der Waals surface area (Å²) in [6.45, 7) is 0. The van der Waals surface area contributed by atoms with Crippen molar-refractivity contribution in [2.45, 2.75) is 0 Å². The molecule has 0 fully saturated rings. The van der Waals surface area contributed by atoms with Crippen LogP contribution in [0, 0.1) is 5.82 Å². The monoisotopic (exact) mass is 354 g/mol. The average Bonchev–Trinajstić information content (AvgIpc) is 3.11. The van der Waals surface area contributed by atoms with Gasteiger partial charge in [0.1, 0.15) is 17.9 Å². The first-order valence-corrected chi connectivity index (χ1v) is 7.83. The van der Waals surface area contributed by atoms with Crippen molar-refractivity contribution < 1.29 is 9.13 Å². The molecular weight excluding hydrogens is 343 g/mol. The van der Waals surface area contributed by atoms with Gasteiger partial charge in [-0.15, -0.1) is 0 Å². The second-order valence-electron chi connectivity index (χ2n) is 5.38. The minimum Gasteiger partial charge on any atom is -0.495 e. The van der Waals surface area contributed by atoms with Crippen LogP contribution in [0.2, 0.25) is 5.02 Å². The summed E-state index contributed by atoms with van der Waals surface area (Å²) in [5.74, 6) is 0.152. The molecule has 0 aliphatic rings. The second-order valence-corrected chi connectivity index (χ2v) is 5.79. The Hall–Kier alpha value is -2.99. The van der Waals surface area contributed by atoms with E-state index in [9.17, 15) is 4.39 Å². The van der Waals surface area contributed by atoms with Gasteiger partial charge in [0.25, 0.3) is 0 Å². The number of hydrogen-bond acceptors (Lipinski definition) is 4. The fraction of sp³-hybridized carbons (Fsp3) is 0.0556. The van der Waals surface area contributed by atoms with E-state index in [0.29, 0.717) is 22.7 Å². The van der Waals surface area contributed by atoms with Crippen molar-refractivity contribution in [2.24, 2.45) is 0 Å². The third-order valence-electron chi connectivity index (χ3n) is 3.88. The highest BCUT2D eigenvalue weighted by Crippen LogP contribution is 2.34. The fourth-order valence-electron chi connectivity index (χ4n) is 2.63. The van der Waals surface area contributed by atoms with Crippen molar-refractivity contribution in [3.63, 3.8) is 0 Å². The van der Waals surface area contributed by atoms with Gasteiger partial charge in [-0.2, -0.15) is 5.10 Å². The molecule has 4 aromatic rings. The smallest absolute Gasteiger partial charge is 0.155 e. The lowest BCUT2D eigenvalue weighted by atomic mass is 10.00.